The van der Waals surface area contributed by atoms with E-state index in [9.17, 15) is 4.79 Å². The molecule has 1 fully saturated rings. The first kappa shape index (κ1) is 10.1. The van der Waals surface area contributed by atoms with Crippen LogP contribution in [-0.2, 0) is 11.2 Å². The number of carbonyl (C=O) groups excluding carboxylic acids is 1. The smallest absolute Gasteiger partial charge is 0.141 e. The number of hydrogen-bond donors (Lipinski definition) is 0. The van der Waals surface area contributed by atoms with Crippen molar-refractivity contribution in [1.82, 2.24) is 4.98 Å². The van der Waals surface area contributed by atoms with Gasteiger partial charge in [0.2, 0.25) is 0 Å². The van der Waals surface area contributed by atoms with Gasteiger partial charge in [-0.2, -0.15) is 0 Å². The van der Waals surface area contributed by atoms with Crippen LogP contribution in [0.5, 0.6) is 0 Å². The molecule has 0 spiro atoms. The Hall–Kier alpha value is -0.410. The zero-order valence-corrected chi connectivity index (χ0v) is 9.81. The number of rotatable bonds is 3. The van der Waals surface area contributed by atoms with E-state index in [0.717, 1.165) is 23.0 Å². The van der Waals surface area contributed by atoms with Gasteiger partial charge in [0.1, 0.15) is 10.9 Å². The summed E-state index contributed by atoms with van der Waals surface area (Å²) in [6, 6.07) is 3.55. The van der Waals surface area contributed by atoms with E-state index in [4.69, 9.17) is 11.6 Å². The Morgan fingerprint density at radius 2 is 2.29 bits per heavy atom. The molecular weight excluding hydrogens is 265 g/mol. The molecule has 14 heavy (non-hydrogen) atoms. The highest BCUT2D eigenvalue weighted by Gasteiger charge is 2.29. The molecule has 0 N–H and O–H groups in total. The molecule has 0 bridgehead atoms. The molecule has 1 aromatic heterocycles. The molecule has 74 valence electrons. The summed E-state index contributed by atoms with van der Waals surface area (Å²) < 4.78 is 0.871. The zero-order chi connectivity index (χ0) is 10.1. The highest BCUT2D eigenvalue weighted by molar-refractivity contribution is 9.10. The number of carbonyl (C=O) groups is 1. The van der Waals surface area contributed by atoms with Crippen LogP contribution in [0.1, 0.15) is 18.5 Å². The van der Waals surface area contributed by atoms with Crippen LogP contribution < -0.4 is 0 Å². The summed E-state index contributed by atoms with van der Waals surface area (Å²) in [7, 11) is 0. The summed E-state index contributed by atoms with van der Waals surface area (Å²) in [6.45, 7) is 0. The average molecular weight is 275 g/mol. The lowest BCUT2D eigenvalue weighted by atomic mass is 10.1. The number of Topliss-reactive ketones (excluding diaryl/α,β-unsaturated/α-hetero) is 1. The van der Waals surface area contributed by atoms with Gasteiger partial charge in [0.15, 0.2) is 0 Å². The average Bonchev–Trinajstić information content (AvgIpc) is 2.82. The fourth-order valence-electron chi connectivity index (χ4n) is 1.34. The van der Waals surface area contributed by atoms with E-state index in [1.807, 2.05) is 6.07 Å². The molecule has 0 saturated heterocycles. The van der Waals surface area contributed by atoms with Crippen LogP contribution in [0.3, 0.4) is 0 Å². The first-order chi connectivity index (χ1) is 6.65. The van der Waals surface area contributed by atoms with Crippen LogP contribution in [0.15, 0.2) is 16.6 Å². The maximum Gasteiger partial charge on any atom is 0.141 e. The van der Waals surface area contributed by atoms with Crippen LogP contribution in [0, 0.1) is 5.92 Å². The van der Waals surface area contributed by atoms with Crippen molar-refractivity contribution in [3.63, 3.8) is 0 Å². The maximum absolute atomic E-state index is 11.5. The molecule has 0 amide bonds. The largest absolute Gasteiger partial charge is 0.299 e. The van der Waals surface area contributed by atoms with Gasteiger partial charge in [-0.1, -0.05) is 27.5 Å². The molecule has 0 radical (unpaired) electrons. The lowest BCUT2D eigenvalue weighted by molar-refractivity contribution is -0.119. The molecule has 2 rings (SSSR count). The molecule has 0 aliphatic heterocycles. The van der Waals surface area contributed by atoms with Gasteiger partial charge in [0.25, 0.3) is 0 Å². The predicted octanol–water partition coefficient (Wildman–Crippen LogP) is 3.02. The third-order valence-corrected chi connectivity index (χ3v) is 2.85. The Morgan fingerprint density at radius 1 is 1.57 bits per heavy atom. The van der Waals surface area contributed by atoms with E-state index >= 15 is 0 Å². The van der Waals surface area contributed by atoms with Crippen LogP contribution in [-0.4, -0.2) is 10.8 Å². The Bertz CT molecular complexity index is 356. The molecule has 1 aliphatic carbocycles. The monoisotopic (exact) mass is 273 g/mol. The van der Waals surface area contributed by atoms with Gasteiger partial charge in [0, 0.05) is 16.8 Å². The summed E-state index contributed by atoms with van der Waals surface area (Å²) in [5, 5.41) is 0.429. The van der Waals surface area contributed by atoms with Crippen molar-refractivity contribution < 1.29 is 4.79 Å². The third-order valence-electron chi connectivity index (χ3n) is 2.20. The molecule has 1 aromatic rings. The maximum atomic E-state index is 11.5. The molecular formula is C10H9BrClNO. The van der Waals surface area contributed by atoms with Crippen molar-refractivity contribution in [2.75, 3.05) is 0 Å². The lowest BCUT2D eigenvalue weighted by Crippen LogP contribution is -2.06. The second kappa shape index (κ2) is 3.99. The lowest BCUT2D eigenvalue weighted by Gasteiger charge is -2.00. The number of pyridine rings is 1. The minimum absolute atomic E-state index is 0.284. The van der Waals surface area contributed by atoms with Gasteiger partial charge in [-0.05, 0) is 25.0 Å². The van der Waals surface area contributed by atoms with Crippen LogP contribution in [0.25, 0.3) is 0 Å². The predicted molar refractivity (Wildman–Crippen MR) is 58.4 cm³/mol. The van der Waals surface area contributed by atoms with Crippen molar-refractivity contribution in [3.8, 4) is 0 Å². The van der Waals surface area contributed by atoms with E-state index in [1.54, 1.807) is 6.07 Å². The Kier molecular flexibility index (Phi) is 2.88. The van der Waals surface area contributed by atoms with Crippen molar-refractivity contribution in [1.29, 1.82) is 0 Å². The van der Waals surface area contributed by atoms with E-state index in [2.05, 4.69) is 20.9 Å². The fraction of sp³-hybridized carbons (Fsp3) is 0.400. The minimum Gasteiger partial charge on any atom is -0.299 e. The third kappa shape index (κ3) is 2.55. The van der Waals surface area contributed by atoms with Crippen molar-refractivity contribution in [2.24, 2.45) is 5.92 Å². The van der Waals surface area contributed by atoms with Gasteiger partial charge >= 0.3 is 0 Å². The normalized spacial score (nSPS) is 15.6. The summed E-state index contributed by atoms with van der Waals surface area (Å²) in [4.78, 5) is 15.6. The van der Waals surface area contributed by atoms with Crippen LogP contribution >= 0.6 is 27.5 Å². The van der Waals surface area contributed by atoms with E-state index in [0.29, 0.717) is 11.6 Å². The molecule has 2 nitrogen and oxygen atoms in total. The first-order valence-electron chi connectivity index (χ1n) is 4.50. The molecule has 4 heteroatoms. The highest BCUT2D eigenvalue weighted by Crippen LogP contribution is 2.31. The summed E-state index contributed by atoms with van der Waals surface area (Å²) in [5.41, 5.74) is 0.751. The van der Waals surface area contributed by atoms with Crippen molar-refractivity contribution in [2.45, 2.75) is 19.3 Å². The Morgan fingerprint density at radius 3 is 2.86 bits per heavy atom. The van der Waals surface area contributed by atoms with Gasteiger partial charge in [-0.25, -0.2) is 4.98 Å². The number of nitrogens with zero attached hydrogens (tertiary/aromatic N) is 1. The number of hydrogen-bond acceptors (Lipinski definition) is 2. The zero-order valence-electron chi connectivity index (χ0n) is 7.46. The minimum atomic E-state index is 0.284. The summed E-state index contributed by atoms with van der Waals surface area (Å²) >= 11 is 9.10. The van der Waals surface area contributed by atoms with Crippen molar-refractivity contribution in [3.05, 3.63) is 27.5 Å². The number of aromatic nitrogens is 1. The van der Waals surface area contributed by atoms with E-state index in [1.165, 1.54) is 0 Å². The second-order valence-electron chi connectivity index (χ2n) is 3.52. The van der Waals surface area contributed by atoms with Gasteiger partial charge in [-0.15, -0.1) is 0 Å². The summed E-state index contributed by atoms with van der Waals surface area (Å²) in [6.07, 6.45) is 2.49. The van der Waals surface area contributed by atoms with Gasteiger partial charge < -0.3 is 0 Å². The first-order valence-corrected chi connectivity index (χ1v) is 5.67. The molecule has 0 aromatic carbocycles. The molecule has 0 atom stereocenters. The molecule has 1 aliphatic rings. The highest BCUT2D eigenvalue weighted by atomic mass is 79.9. The van der Waals surface area contributed by atoms with Gasteiger partial charge in [-0.3, -0.25) is 4.79 Å². The quantitative estimate of drug-likeness (QED) is 0.793. The molecule has 0 unspecified atom stereocenters. The molecule has 1 saturated carbocycles. The second-order valence-corrected chi connectivity index (χ2v) is 4.82. The fourth-order valence-corrected chi connectivity index (χ4v) is 2.17. The molecule has 1 heterocycles. The van der Waals surface area contributed by atoms with Crippen LogP contribution in [0.4, 0.5) is 0 Å². The Balaban J connectivity index is 2.11. The SMILES string of the molecule is O=C(Cc1cc(Br)cc(Cl)n1)C1CC1. The van der Waals surface area contributed by atoms with E-state index in [-0.39, 0.29) is 11.7 Å². The van der Waals surface area contributed by atoms with Gasteiger partial charge in [0.05, 0.1) is 5.69 Å². The Labute approximate surface area is 95.8 Å². The number of ketones is 1. The van der Waals surface area contributed by atoms with Crippen molar-refractivity contribution >= 4 is 33.3 Å². The number of halogens is 2. The van der Waals surface area contributed by atoms with E-state index < -0.39 is 0 Å². The standard InChI is InChI=1S/C10H9BrClNO/c11-7-3-8(13-10(12)4-7)5-9(14)6-1-2-6/h3-4,6H,1-2,5H2. The topological polar surface area (TPSA) is 30.0 Å². The summed E-state index contributed by atoms with van der Waals surface area (Å²) in [5.74, 6) is 0.571. The van der Waals surface area contributed by atoms with Crippen LogP contribution in [0.2, 0.25) is 5.15 Å².